The van der Waals surface area contributed by atoms with Crippen molar-refractivity contribution < 1.29 is 13.6 Å². The number of oxazole rings is 1. The molecular weight excluding hydrogens is 174 g/mol. The normalized spacial score (nSPS) is 10.9. The molecule has 2 aromatic rings. The molecule has 2 heterocycles. The van der Waals surface area contributed by atoms with Gasteiger partial charge in [0.05, 0.1) is 14.1 Å². The summed E-state index contributed by atoms with van der Waals surface area (Å²) in [5.74, 6) is 0.170. The van der Waals surface area contributed by atoms with Crippen molar-refractivity contribution in [1.29, 1.82) is 0 Å². The molecule has 0 atom stereocenters. The van der Waals surface area contributed by atoms with Crippen LogP contribution in [0.4, 0.5) is 11.9 Å². The molecule has 2 rings (SSSR count). The molecule has 0 aliphatic carbocycles. The first kappa shape index (κ1) is 7.78. The molecule has 0 bridgehead atoms. The van der Waals surface area contributed by atoms with Gasteiger partial charge in [-0.3, -0.25) is 0 Å². The van der Waals surface area contributed by atoms with Gasteiger partial charge in [-0.2, -0.15) is 4.73 Å². The summed E-state index contributed by atoms with van der Waals surface area (Å²) in [5.41, 5.74) is 5.79. The zero-order valence-electron chi connectivity index (χ0n) is 7.27. The third-order valence-electron chi connectivity index (χ3n) is 1.64. The second kappa shape index (κ2) is 2.32. The van der Waals surface area contributed by atoms with E-state index < -0.39 is 0 Å². The summed E-state index contributed by atoms with van der Waals surface area (Å²) in [6.45, 7) is 0. The fourth-order valence-corrected chi connectivity index (χ4v) is 1.10. The Labute approximate surface area is 73.7 Å². The molecule has 2 aromatic heterocycles. The summed E-state index contributed by atoms with van der Waals surface area (Å²) in [4.78, 5) is 1.55. The molecule has 0 saturated heterocycles. The largest absolute Gasteiger partial charge is 0.706 e. The van der Waals surface area contributed by atoms with Crippen LogP contribution in [0.2, 0.25) is 0 Å². The minimum absolute atomic E-state index is 0.0983. The Bertz CT molecular complexity index is 443. The molecule has 6 nitrogen and oxygen atoms in total. The maximum Gasteiger partial charge on any atom is 0.462 e. The predicted molar refractivity (Wildman–Crippen MR) is 46.2 cm³/mol. The number of nitrogen functional groups attached to an aromatic ring is 1. The van der Waals surface area contributed by atoms with Gasteiger partial charge in [0, 0.05) is 6.07 Å². The molecule has 70 valence electrons. The van der Waals surface area contributed by atoms with Crippen LogP contribution < -0.4 is 15.4 Å². The predicted octanol–water partition coefficient (Wildman–Crippen LogP) is 0.307. The standard InChI is InChI=1S/C7H9N3O3/c1-9(2)7-10(11)6-4(12-7)3-5(8)13-6/h3H,8H2,1-2H3. The second-order valence-electron chi connectivity index (χ2n) is 2.89. The number of fused-ring (bicyclic) bond motifs is 1. The third-order valence-corrected chi connectivity index (χ3v) is 1.64. The Morgan fingerprint density at radius 1 is 1.46 bits per heavy atom. The van der Waals surface area contributed by atoms with E-state index in [2.05, 4.69) is 0 Å². The van der Waals surface area contributed by atoms with Crippen molar-refractivity contribution in [3.63, 3.8) is 0 Å². The van der Waals surface area contributed by atoms with Gasteiger partial charge in [-0.25, -0.2) is 4.90 Å². The lowest BCUT2D eigenvalue weighted by Gasteiger charge is -2.03. The number of rotatable bonds is 1. The van der Waals surface area contributed by atoms with Crippen molar-refractivity contribution in [2.75, 3.05) is 24.7 Å². The van der Waals surface area contributed by atoms with E-state index in [1.165, 1.54) is 6.07 Å². The van der Waals surface area contributed by atoms with Crippen LogP contribution in [0.1, 0.15) is 0 Å². The molecule has 0 radical (unpaired) electrons. The number of nitrogens with two attached hydrogens (primary N) is 1. The van der Waals surface area contributed by atoms with E-state index >= 15 is 0 Å². The van der Waals surface area contributed by atoms with Crippen LogP contribution in [-0.2, 0) is 0 Å². The van der Waals surface area contributed by atoms with E-state index in [9.17, 15) is 5.21 Å². The van der Waals surface area contributed by atoms with E-state index in [1.807, 2.05) is 0 Å². The van der Waals surface area contributed by atoms with Crippen molar-refractivity contribution in [2.24, 2.45) is 0 Å². The lowest BCUT2D eigenvalue weighted by Crippen LogP contribution is -2.31. The molecule has 0 saturated carbocycles. The lowest BCUT2D eigenvalue weighted by molar-refractivity contribution is -0.575. The Morgan fingerprint density at radius 2 is 2.15 bits per heavy atom. The summed E-state index contributed by atoms with van der Waals surface area (Å²) < 4.78 is 10.7. The van der Waals surface area contributed by atoms with Crippen LogP contribution in [-0.4, -0.2) is 14.1 Å². The number of hydrogen-bond donors (Lipinski definition) is 1. The number of anilines is 2. The van der Waals surface area contributed by atoms with Crippen LogP contribution in [0, 0.1) is 5.21 Å². The van der Waals surface area contributed by atoms with Crippen molar-refractivity contribution in [2.45, 2.75) is 0 Å². The minimum atomic E-state index is 0.0983. The highest BCUT2D eigenvalue weighted by Crippen LogP contribution is 2.22. The summed E-state index contributed by atoms with van der Waals surface area (Å²) in [6, 6.07) is 1.64. The molecule has 0 aliphatic rings. The zero-order chi connectivity index (χ0) is 9.59. The van der Waals surface area contributed by atoms with Crippen LogP contribution >= 0.6 is 0 Å². The molecule has 6 heteroatoms. The van der Waals surface area contributed by atoms with Gasteiger partial charge in [-0.15, -0.1) is 0 Å². The van der Waals surface area contributed by atoms with E-state index in [-0.39, 0.29) is 17.6 Å². The molecule has 0 amide bonds. The molecule has 13 heavy (non-hydrogen) atoms. The average molecular weight is 183 g/mol. The van der Waals surface area contributed by atoms with Gasteiger partial charge < -0.3 is 19.8 Å². The second-order valence-corrected chi connectivity index (χ2v) is 2.89. The highest BCUT2D eigenvalue weighted by atomic mass is 16.5. The quantitative estimate of drug-likeness (QED) is 0.508. The zero-order valence-corrected chi connectivity index (χ0v) is 7.27. The van der Waals surface area contributed by atoms with Crippen molar-refractivity contribution in [3.05, 3.63) is 11.3 Å². The van der Waals surface area contributed by atoms with Gasteiger partial charge in [0.1, 0.15) is 0 Å². The monoisotopic (exact) mass is 183 g/mol. The number of nitrogens with zero attached hydrogens (tertiary/aromatic N) is 2. The van der Waals surface area contributed by atoms with E-state index in [0.29, 0.717) is 10.3 Å². The summed E-state index contributed by atoms with van der Waals surface area (Å²) in [6.07, 6.45) is 0. The van der Waals surface area contributed by atoms with Gasteiger partial charge >= 0.3 is 11.7 Å². The number of furan rings is 1. The lowest BCUT2D eigenvalue weighted by atomic mass is 10.6. The molecule has 2 N–H and O–H groups in total. The van der Waals surface area contributed by atoms with Crippen molar-refractivity contribution in [1.82, 2.24) is 0 Å². The van der Waals surface area contributed by atoms with Gasteiger partial charge in [0.25, 0.3) is 0 Å². The summed E-state index contributed by atoms with van der Waals surface area (Å²) in [5, 5.41) is 11.4. The Morgan fingerprint density at radius 3 is 2.69 bits per heavy atom. The SMILES string of the molecule is CN(C)c1oc2cc(N)oc2[n+]1[O-]. The first-order valence-corrected chi connectivity index (χ1v) is 3.68. The fourth-order valence-electron chi connectivity index (χ4n) is 1.10. The van der Waals surface area contributed by atoms with Gasteiger partial charge in [0.15, 0.2) is 5.88 Å². The molecule has 0 aliphatic heterocycles. The fraction of sp³-hybridized carbons (Fsp3) is 0.286. The smallest absolute Gasteiger partial charge is 0.462 e. The molecule has 0 spiro atoms. The Kier molecular flexibility index (Phi) is 1.39. The maximum absolute atomic E-state index is 11.4. The van der Waals surface area contributed by atoms with E-state index in [4.69, 9.17) is 14.6 Å². The Hall–Kier alpha value is -1.85. The molecule has 0 aromatic carbocycles. The topological polar surface area (TPSA) is 82.5 Å². The number of aromatic nitrogens is 1. The average Bonchev–Trinajstić information content (AvgIpc) is 2.51. The van der Waals surface area contributed by atoms with Crippen molar-refractivity contribution in [3.8, 4) is 0 Å². The first-order chi connectivity index (χ1) is 6.09. The van der Waals surface area contributed by atoms with E-state index in [0.717, 1.165) is 0 Å². The van der Waals surface area contributed by atoms with Crippen molar-refractivity contribution >= 4 is 23.2 Å². The van der Waals surface area contributed by atoms with Crippen LogP contribution in [0.3, 0.4) is 0 Å². The van der Waals surface area contributed by atoms with Crippen LogP contribution in [0.25, 0.3) is 11.3 Å². The first-order valence-electron chi connectivity index (χ1n) is 3.68. The summed E-state index contributed by atoms with van der Waals surface area (Å²) in [7, 11) is 3.41. The van der Waals surface area contributed by atoms with Gasteiger partial charge in [-0.05, 0) is 0 Å². The van der Waals surface area contributed by atoms with Gasteiger partial charge in [-0.1, -0.05) is 0 Å². The van der Waals surface area contributed by atoms with Gasteiger partial charge in [0.2, 0.25) is 5.58 Å². The highest BCUT2D eigenvalue weighted by molar-refractivity contribution is 5.68. The highest BCUT2D eigenvalue weighted by Gasteiger charge is 2.21. The third kappa shape index (κ3) is 0.986. The number of hydrogen-bond acceptors (Lipinski definition) is 5. The molecular formula is C7H9N3O3. The van der Waals surface area contributed by atoms with E-state index in [1.54, 1.807) is 19.0 Å². The van der Waals surface area contributed by atoms with Crippen LogP contribution in [0.15, 0.2) is 14.9 Å². The summed E-state index contributed by atoms with van der Waals surface area (Å²) >= 11 is 0. The maximum atomic E-state index is 11.4. The minimum Gasteiger partial charge on any atom is -0.706 e. The Balaban J connectivity index is 2.69. The van der Waals surface area contributed by atoms with Crippen LogP contribution in [0.5, 0.6) is 0 Å². The molecule has 0 fully saturated rings. The molecule has 0 unspecified atom stereocenters.